The van der Waals surface area contributed by atoms with Crippen molar-refractivity contribution in [3.05, 3.63) is 71.5 Å². The van der Waals surface area contributed by atoms with Gasteiger partial charge in [0.1, 0.15) is 5.82 Å². The van der Waals surface area contributed by atoms with E-state index < -0.39 is 5.54 Å². The molecule has 0 bridgehead atoms. The van der Waals surface area contributed by atoms with Crippen molar-refractivity contribution < 1.29 is 14.0 Å². The first-order valence-corrected chi connectivity index (χ1v) is 9.36. The molecule has 1 aliphatic rings. The van der Waals surface area contributed by atoms with Crippen LogP contribution in [-0.4, -0.2) is 17.4 Å². The molecule has 0 aromatic heterocycles. The summed E-state index contributed by atoms with van der Waals surface area (Å²) in [6.07, 6.45) is 2.64. The van der Waals surface area contributed by atoms with Crippen LogP contribution in [0, 0.1) is 5.82 Å². The van der Waals surface area contributed by atoms with Crippen molar-refractivity contribution in [3.63, 3.8) is 0 Å². The molecular weight excluding hydrogens is 343 g/mol. The second-order valence-electron chi connectivity index (χ2n) is 7.33. The van der Waals surface area contributed by atoms with E-state index >= 15 is 0 Å². The minimum atomic E-state index is -0.442. The Bertz CT molecular complexity index is 792. The van der Waals surface area contributed by atoms with E-state index in [2.05, 4.69) is 10.6 Å². The van der Waals surface area contributed by atoms with E-state index in [1.807, 2.05) is 37.3 Å². The van der Waals surface area contributed by atoms with Crippen LogP contribution in [0.2, 0.25) is 0 Å². The molecule has 0 radical (unpaired) electrons. The molecule has 1 fully saturated rings. The van der Waals surface area contributed by atoms with Gasteiger partial charge in [0.2, 0.25) is 11.8 Å². The number of rotatable bonds is 7. The normalized spacial score (nSPS) is 20.1. The van der Waals surface area contributed by atoms with Crippen molar-refractivity contribution in [3.8, 4) is 0 Å². The third-order valence-corrected chi connectivity index (χ3v) is 5.20. The summed E-state index contributed by atoms with van der Waals surface area (Å²) in [7, 11) is 0. The minimum absolute atomic E-state index is 0.00942. The zero-order valence-corrected chi connectivity index (χ0v) is 15.5. The molecule has 1 heterocycles. The Morgan fingerprint density at radius 1 is 1.19 bits per heavy atom. The summed E-state index contributed by atoms with van der Waals surface area (Å²) in [6, 6.07) is 16.1. The number of benzene rings is 2. The molecule has 0 spiro atoms. The molecule has 2 atom stereocenters. The van der Waals surface area contributed by atoms with Crippen LogP contribution in [0.4, 0.5) is 4.39 Å². The van der Waals surface area contributed by atoms with Gasteiger partial charge in [-0.2, -0.15) is 0 Å². The lowest BCUT2D eigenvalue weighted by atomic mass is 9.85. The molecular formula is C22H25FN2O2. The first kappa shape index (κ1) is 19.1. The summed E-state index contributed by atoms with van der Waals surface area (Å²) >= 11 is 0. The van der Waals surface area contributed by atoms with Crippen LogP contribution in [0.15, 0.2) is 54.6 Å². The molecule has 3 rings (SSSR count). The van der Waals surface area contributed by atoms with E-state index in [9.17, 15) is 14.0 Å². The van der Waals surface area contributed by atoms with E-state index in [4.69, 9.17) is 0 Å². The van der Waals surface area contributed by atoms with Gasteiger partial charge in [0.05, 0.1) is 6.04 Å². The lowest BCUT2D eigenvalue weighted by Gasteiger charge is -2.29. The van der Waals surface area contributed by atoms with Crippen LogP contribution < -0.4 is 10.6 Å². The van der Waals surface area contributed by atoms with Crippen molar-refractivity contribution in [1.82, 2.24) is 10.6 Å². The van der Waals surface area contributed by atoms with Gasteiger partial charge in [-0.15, -0.1) is 0 Å². The summed E-state index contributed by atoms with van der Waals surface area (Å²) in [5.41, 5.74) is 1.57. The highest BCUT2D eigenvalue weighted by Crippen LogP contribution is 2.29. The van der Waals surface area contributed by atoms with Crippen LogP contribution in [0.1, 0.15) is 49.8 Å². The molecule has 4 nitrogen and oxygen atoms in total. The zero-order valence-electron chi connectivity index (χ0n) is 15.5. The van der Waals surface area contributed by atoms with E-state index in [0.29, 0.717) is 32.1 Å². The Hall–Kier alpha value is -2.69. The van der Waals surface area contributed by atoms with Crippen molar-refractivity contribution in [2.45, 2.75) is 50.6 Å². The average molecular weight is 368 g/mol. The molecule has 0 aliphatic carbocycles. The van der Waals surface area contributed by atoms with Crippen LogP contribution in [-0.2, 0) is 16.0 Å². The molecule has 142 valence electrons. The quantitative estimate of drug-likeness (QED) is 0.783. The van der Waals surface area contributed by atoms with Crippen molar-refractivity contribution in [2.24, 2.45) is 0 Å². The highest BCUT2D eigenvalue weighted by molar-refractivity contribution is 5.80. The summed E-state index contributed by atoms with van der Waals surface area (Å²) < 4.78 is 13.2. The van der Waals surface area contributed by atoms with Crippen LogP contribution >= 0.6 is 0 Å². The van der Waals surface area contributed by atoms with E-state index in [-0.39, 0.29) is 23.7 Å². The maximum absolute atomic E-state index is 13.2. The van der Waals surface area contributed by atoms with Gasteiger partial charge in [-0.25, -0.2) is 4.39 Å². The topological polar surface area (TPSA) is 58.2 Å². The maximum atomic E-state index is 13.2. The second kappa shape index (κ2) is 8.33. The number of hydrogen-bond acceptors (Lipinski definition) is 2. The van der Waals surface area contributed by atoms with Gasteiger partial charge in [-0.05, 0) is 49.4 Å². The number of amides is 2. The summed E-state index contributed by atoms with van der Waals surface area (Å²) in [4.78, 5) is 24.3. The molecule has 5 heteroatoms. The Kier molecular flexibility index (Phi) is 5.89. The monoisotopic (exact) mass is 368 g/mol. The second-order valence-corrected chi connectivity index (χ2v) is 7.33. The van der Waals surface area contributed by atoms with Gasteiger partial charge in [-0.1, -0.05) is 42.5 Å². The molecule has 0 unspecified atom stereocenters. The van der Waals surface area contributed by atoms with Crippen LogP contribution in [0.3, 0.4) is 0 Å². The molecule has 2 amide bonds. The van der Waals surface area contributed by atoms with Crippen LogP contribution in [0.25, 0.3) is 0 Å². The number of hydrogen-bond donors (Lipinski definition) is 2. The first-order valence-electron chi connectivity index (χ1n) is 9.36. The SMILES string of the molecule is C[C@H](NC(=O)CC[C@@]1(Cc2ccc(F)cc2)CCC(=O)N1)c1ccccc1. The highest BCUT2D eigenvalue weighted by atomic mass is 19.1. The lowest BCUT2D eigenvalue weighted by Crippen LogP contribution is -2.44. The van der Waals surface area contributed by atoms with E-state index in [1.54, 1.807) is 12.1 Å². The molecule has 0 saturated carbocycles. The van der Waals surface area contributed by atoms with E-state index in [0.717, 1.165) is 11.1 Å². The number of carbonyl (C=O) groups is 2. The van der Waals surface area contributed by atoms with Gasteiger partial charge < -0.3 is 10.6 Å². The number of halogens is 1. The van der Waals surface area contributed by atoms with E-state index in [1.165, 1.54) is 12.1 Å². The summed E-state index contributed by atoms with van der Waals surface area (Å²) in [5.74, 6) is -0.307. The molecule has 2 aromatic rings. The third-order valence-electron chi connectivity index (χ3n) is 5.20. The fraction of sp³-hybridized carbons (Fsp3) is 0.364. The Morgan fingerprint density at radius 3 is 2.52 bits per heavy atom. The molecule has 1 aliphatic heterocycles. The fourth-order valence-corrected chi connectivity index (χ4v) is 3.67. The Balaban J connectivity index is 1.60. The smallest absolute Gasteiger partial charge is 0.220 e. The molecule has 2 N–H and O–H groups in total. The molecule has 27 heavy (non-hydrogen) atoms. The van der Waals surface area contributed by atoms with Crippen molar-refractivity contribution >= 4 is 11.8 Å². The summed E-state index contributed by atoms with van der Waals surface area (Å²) in [5, 5.41) is 6.08. The minimum Gasteiger partial charge on any atom is -0.350 e. The molecule has 1 saturated heterocycles. The Morgan fingerprint density at radius 2 is 1.89 bits per heavy atom. The van der Waals surface area contributed by atoms with Crippen molar-refractivity contribution in [1.29, 1.82) is 0 Å². The van der Waals surface area contributed by atoms with Gasteiger partial charge >= 0.3 is 0 Å². The maximum Gasteiger partial charge on any atom is 0.220 e. The molecule has 2 aromatic carbocycles. The van der Waals surface area contributed by atoms with Crippen LogP contribution in [0.5, 0.6) is 0 Å². The first-order chi connectivity index (χ1) is 13.0. The van der Waals surface area contributed by atoms with Crippen molar-refractivity contribution in [2.75, 3.05) is 0 Å². The summed E-state index contributed by atoms with van der Waals surface area (Å²) in [6.45, 7) is 1.96. The van der Waals surface area contributed by atoms with Gasteiger partial charge in [-0.3, -0.25) is 9.59 Å². The lowest BCUT2D eigenvalue weighted by molar-refractivity contribution is -0.123. The average Bonchev–Trinajstić information content (AvgIpc) is 3.04. The largest absolute Gasteiger partial charge is 0.350 e. The third kappa shape index (κ3) is 5.16. The number of nitrogens with one attached hydrogen (secondary N) is 2. The standard InChI is InChI=1S/C22H25FN2O2/c1-16(18-5-3-2-4-6-18)24-20(26)11-13-22(14-12-21(27)25-22)15-17-7-9-19(23)10-8-17/h2-10,16H,11-15H2,1H3,(H,24,26)(H,25,27)/t16-,22-/m0/s1. The predicted molar refractivity (Wildman–Crippen MR) is 102 cm³/mol. The van der Waals surface area contributed by atoms with Gasteiger partial charge in [0, 0.05) is 18.4 Å². The Labute approximate surface area is 159 Å². The fourth-order valence-electron chi connectivity index (χ4n) is 3.67. The van der Waals surface area contributed by atoms with Gasteiger partial charge in [0.25, 0.3) is 0 Å². The van der Waals surface area contributed by atoms with Gasteiger partial charge in [0.15, 0.2) is 0 Å². The predicted octanol–water partition coefficient (Wildman–Crippen LogP) is 3.67. The zero-order chi connectivity index (χ0) is 19.3. The highest BCUT2D eigenvalue weighted by Gasteiger charge is 2.37. The number of carbonyl (C=O) groups excluding carboxylic acids is 2.